The molecule has 24 heavy (non-hydrogen) atoms. The Kier molecular flexibility index (Phi) is 6.93. The fraction of sp³-hybridized carbons (Fsp3) is 0.316. The molecule has 128 valence electrons. The zero-order valence-corrected chi connectivity index (χ0v) is 13.5. The van der Waals surface area contributed by atoms with Crippen molar-refractivity contribution in [2.45, 2.75) is 31.0 Å². The van der Waals surface area contributed by atoms with Gasteiger partial charge in [-0.25, -0.2) is 0 Å². The van der Waals surface area contributed by atoms with Crippen molar-refractivity contribution in [3.63, 3.8) is 0 Å². The molecule has 0 amide bonds. The minimum atomic E-state index is -0.942. The van der Waals surface area contributed by atoms with Crippen LogP contribution in [0.1, 0.15) is 11.1 Å². The van der Waals surface area contributed by atoms with Crippen LogP contribution in [0.3, 0.4) is 0 Å². The van der Waals surface area contributed by atoms with Gasteiger partial charge >= 0.3 is 5.97 Å². The molecule has 0 bridgehead atoms. The Morgan fingerprint density at radius 1 is 0.958 bits per heavy atom. The Morgan fingerprint density at radius 2 is 1.46 bits per heavy atom. The maximum Gasteiger partial charge on any atom is 0.321 e. The van der Waals surface area contributed by atoms with Crippen LogP contribution in [-0.2, 0) is 17.6 Å². The Hall–Kier alpha value is -2.21. The molecule has 3 atom stereocenters. The summed E-state index contributed by atoms with van der Waals surface area (Å²) in [7, 11) is 0. The van der Waals surface area contributed by atoms with Crippen LogP contribution in [0.4, 0.5) is 0 Å². The molecule has 0 aliphatic heterocycles. The van der Waals surface area contributed by atoms with Gasteiger partial charge < -0.3 is 21.3 Å². The Balaban J connectivity index is 1.85. The number of aliphatic carboxylic acids is 1. The summed E-state index contributed by atoms with van der Waals surface area (Å²) in [5, 5.41) is 22.4. The van der Waals surface area contributed by atoms with E-state index in [-0.39, 0.29) is 6.54 Å². The highest BCUT2D eigenvalue weighted by molar-refractivity contribution is 5.73. The van der Waals surface area contributed by atoms with Gasteiger partial charge in [0.05, 0.1) is 6.10 Å². The molecule has 0 heterocycles. The fourth-order valence-electron chi connectivity index (χ4n) is 2.53. The van der Waals surface area contributed by atoms with E-state index in [2.05, 4.69) is 5.32 Å². The van der Waals surface area contributed by atoms with Gasteiger partial charge in [-0.3, -0.25) is 4.79 Å². The average molecular weight is 328 g/mol. The molecule has 2 rings (SSSR count). The highest BCUT2D eigenvalue weighted by Crippen LogP contribution is 2.06. The van der Waals surface area contributed by atoms with Crippen molar-refractivity contribution in [3.05, 3.63) is 71.8 Å². The van der Waals surface area contributed by atoms with E-state index in [0.29, 0.717) is 12.8 Å². The maximum atomic E-state index is 11.4. The molecule has 2 aromatic rings. The number of carboxylic acid groups (broad SMARTS) is 1. The number of aliphatic hydroxyl groups is 1. The quantitative estimate of drug-likeness (QED) is 0.555. The lowest BCUT2D eigenvalue weighted by atomic mass is 10.0. The van der Waals surface area contributed by atoms with Gasteiger partial charge in [0.15, 0.2) is 0 Å². The lowest BCUT2D eigenvalue weighted by Crippen LogP contribution is -2.48. The first-order valence-corrected chi connectivity index (χ1v) is 8.04. The molecule has 0 aliphatic rings. The molecular formula is C19H24N2O3. The SMILES string of the molecule is N[C@@H](Cc1ccccc1)C(O)CN[C@@H](Cc1ccccc1)C(=O)O. The number of benzene rings is 2. The highest BCUT2D eigenvalue weighted by atomic mass is 16.4. The van der Waals surface area contributed by atoms with E-state index in [1.54, 1.807) is 0 Å². The van der Waals surface area contributed by atoms with Crippen molar-refractivity contribution in [1.29, 1.82) is 0 Å². The van der Waals surface area contributed by atoms with Gasteiger partial charge in [0.1, 0.15) is 6.04 Å². The molecule has 0 saturated heterocycles. The van der Waals surface area contributed by atoms with Gasteiger partial charge in [-0.2, -0.15) is 0 Å². The van der Waals surface area contributed by atoms with Crippen molar-refractivity contribution < 1.29 is 15.0 Å². The maximum absolute atomic E-state index is 11.4. The summed E-state index contributed by atoms with van der Waals surface area (Å²) in [6.45, 7) is 0.137. The number of carbonyl (C=O) groups is 1. The second-order valence-corrected chi connectivity index (χ2v) is 5.91. The molecule has 2 aromatic carbocycles. The summed E-state index contributed by atoms with van der Waals surface area (Å²) in [5.41, 5.74) is 8.00. The van der Waals surface area contributed by atoms with Crippen molar-refractivity contribution in [3.8, 4) is 0 Å². The van der Waals surface area contributed by atoms with Crippen LogP contribution in [0.5, 0.6) is 0 Å². The molecular weight excluding hydrogens is 304 g/mol. The zero-order chi connectivity index (χ0) is 17.4. The Labute approximate surface area is 142 Å². The summed E-state index contributed by atoms with van der Waals surface area (Å²) < 4.78 is 0. The minimum Gasteiger partial charge on any atom is -0.480 e. The van der Waals surface area contributed by atoms with E-state index in [1.165, 1.54) is 0 Å². The third-order valence-electron chi connectivity index (χ3n) is 3.96. The van der Waals surface area contributed by atoms with Crippen LogP contribution in [-0.4, -0.2) is 40.9 Å². The number of hydrogen-bond acceptors (Lipinski definition) is 4. The smallest absolute Gasteiger partial charge is 0.321 e. The first-order valence-electron chi connectivity index (χ1n) is 8.04. The highest BCUT2D eigenvalue weighted by Gasteiger charge is 2.21. The largest absolute Gasteiger partial charge is 0.480 e. The van der Waals surface area contributed by atoms with Crippen LogP contribution >= 0.6 is 0 Å². The summed E-state index contributed by atoms with van der Waals surface area (Å²) in [6, 6.07) is 17.9. The fourth-order valence-corrected chi connectivity index (χ4v) is 2.53. The number of nitrogens with two attached hydrogens (primary N) is 1. The van der Waals surface area contributed by atoms with E-state index < -0.39 is 24.2 Å². The number of hydrogen-bond donors (Lipinski definition) is 4. The topological polar surface area (TPSA) is 95.6 Å². The van der Waals surface area contributed by atoms with Gasteiger partial charge in [0.25, 0.3) is 0 Å². The molecule has 5 heteroatoms. The molecule has 5 N–H and O–H groups in total. The Morgan fingerprint density at radius 3 is 1.96 bits per heavy atom. The van der Waals surface area contributed by atoms with Gasteiger partial charge in [-0.15, -0.1) is 0 Å². The van der Waals surface area contributed by atoms with Crippen molar-refractivity contribution in [2.24, 2.45) is 5.73 Å². The summed E-state index contributed by atoms with van der Waals surface area (Å²) in [5.74, 6) is -0.942. The van der Waals surface area contributed by atoms with Crippen LogP contribution in [0.15, 0.2) is 60.7 Å². The lowest BCUT2D eigenvalue weighted by molar-refractivity contribution is -0.139. The molecule has 0 aromatic heterocycles. The van der Waals surface area contributed by atoms with E-state index in [4.69, 9.17) is 5.73 Å². The van der Waals surface area contributed by atoms with E-state index in [9.17, 15) is 15.0 Å². The van der Waals surface area contributed by atoms with Crippen molar-refractivity contribution in [1.82, 2.24) is 5.32 Å². The van der Waals surface area contributed by atoms with Gasteiger partial charge in [0, 0.05) is 12.6 Å². The molecule has 0 aliphatic carbocycles. The monoisotopic (exact) mass is 328 g/mol. The standard InChI is InChI=1S/C19H24N2O3/c20-16(11-14-7-3-1-4-8-14)18(22)13-21-17(19(23)24)12-15-9-5-2-6-10-15/h1-10,16-18,21-22H,11-13,20H2,(H,23,24)/t16-,17-,18?/m0/s1. The molecule has 0 fully saturated rings. The zero-order valence-electron chi connectivity index (χ0n) is 13.5. The van der Waals surface area contributed by atoms with Crippen LogP contribution in [0.25, 0.3) is 0 Å². The molecule has 0 radical (unpaired) electrons. The summed E-state index contributed by atoms with van der Waals surface area (Å²) >= 11 is 0. The summed E-state index contributed by atoms with van der Waals surface area (Å²) in [6.07, 6.45) is 0.0829. The molecule has 1 unspecified atom stereocenters. The predicted octanol–water partition coefficient (Wildman–Crippen LogP) is 1.20. The molecule has 0 saturated carbocycles. The third kappa shape index (κ3) is 5.77. The van der Waals surface area contributed by atoms with Crippen LogP contribution < -0.4 is 11.1 Å². The van der Waals surface area contributed by atoms with Crippen molar-refractivity contribution in [2.75, 3.05) is 6.54 Å². The number of carboxylic acids is 1. The first-order chi connectivity index (χ1) is 11.6. The van der Waals surface area contributed by atoms with Crippen LogP contribution in [0.2, 0.25) is 0 Å². The number of nitrogens with one attached hydrogen (secondary N) is 1. The third-order valence-corrected chi connectivity index (χ3v) is 3.96. The molecule has 0 spiro atoms. The number of rotatable bonds is 9. The van der Waals surface area contributed by atoms with E-state index >= 15 is 0 Å². The second-order valence-electron chi connectivity index (χ2n) is 5.91. The second kappa shape index (κ2) is 9.17. The van der Waals surface area contributed by atoms with Gasteiger partial charge in [-0.05, 0) is 24.0 Å². The molecule has 5 nitrogen and oxygen atoms in total. The van der Waals surface area contributed by atoms with Crippen molar-refractivity contribution >= 4 is 5.97 Å². The van der Waals surface area contributed by atoms with E-state index in [1.807, 2.05) is 60.7 Å². The minimum absolute atomic E-state index is 0.137. The van der Waals surface area contributed by atoms with Gasteiger partial charge in [0.2, 0.25) is 0 Å². The predicted molar refractivity (Wildman–Crippen MR) is 93.7 cm³/mol. The number of aliphatic hydroxyl groups excluding tert-OH is 1. The Bertz CT molecular complexity index is 619. The lowest BCUT2D eigenvalue weighted by Gasteiger charge is -2.22. The van der Waals surface area contributed by atoms with E-state index in [0.717, 1.165) is 11.1 Å². The average Bonchev–Trinajstić information content (AvgIpc) is 2.59. The summed E-state index contributed by atoms with van der Waals surface area (Å²) in [4.78, 5) is 11.4. The van der Waals surface area contributed by atoms with Crippen LogP contribution in [0, 0.1) is 0 Å². The first kappa shape index (κ1) is 18.1. The normalized spacial score (nSPS) is 14.8. The van der Waals surface area contributed by atoms with Gasteiger partial charge in [-0.1, -0.05) is 60.7 Å².